The SMILES string of the molecule is CCOC(=O)CCCOc1cc(C)ccc1NC(=O)c1ccccc1. The van der Waals surface area contributed by atoms with E-state index in [1.54, 1.807) is 19.1 Å². The summed E-state index contributed by atoms with van der Waals surface area (Å²) >= 11 is 0. The van der Waals surface area contributed by atoms with Crippen LogP contribution in [0.3, 0.4) is 0 Å². The topological polar surface area (TPSA) is 64.6 Å². The van der Waals surface area contributed by atoms with Crippen molar-refractivity contribution in [3.8, 4) is 5.75 Å². The van der Waals surface area contributed by atoms with Crippen molar-refractivity contribution in [3.05, 3.63) is 59.7 Å². The van der Waals surface area contributed by atoms with E-state index in [0.717, 1.165) is 5.56 Å². The van der Waals surface area contributed by atoms with E-state index in [0.29, 0.717) is 43.1 Å². The van der Waals surface area contributed by atoms with Crippen LogP contribution in [-0.2, 0) is 9.53 Å². The van der Waals surface area contributed by atoms with Crippen LogP contribution in [0.4, 0.5) is 5.69 Å². The number of carbonyl (C=O) groups is 2. The summed E-state index contributed by atoms with van der Waals surface area (Å²) in [5.74, 6) is 0.168. The first-order chi connectivity index (χ1) is 12.1. The summed E-state index contributed by atoms with van der Waals surface area (Å²) in [5, 5.41) is 2.87. The fraction of sp³-hybridized carbons (Fsp3) is 0.300. The van der Waals surface area contributed by atoms with Gasteiger partial charge in [0, 0.05) is 12.0 Å². The van der Waals surface area contributed by atoms with Crippen LogP contribution in [0.1, 0.15) is 35.7 Å². The van der Waals surface area contributed by atoms with Crippen molar-refractivity contribution in [2.75, 3.05) is 18.5 Å². The molecule has 0 radical (unpaired) electrons. The standard InChI is InChI=1S/C20H23NO4/c1-3-24-19(22)10-7-13-25-18-14-15(2)11-12-17(18)21-20(23)16-8-5-4-6-9-16/h4-6,8-9,11-12,14H,3,7,10,13H2,1-2H3,(H,21,23). The van der Waals surface area contributed by atoms with Gasteiger partial charge in [-0.25, -0.2) is 0 Å². The Hall–Kier alpha value is -2.82. The fourth-order valence-electron chi connectivity index (χ4n) is 2.27. The molecule has 0 aliphatic carbocycles. The van der Waals surface area contributed by atoms with Crippen LogP contribution < -0.4 is 10.1 Å². The van der Waals surface area contributed by atoms with Gasteiger partial charge in [-0.2, -0.15) is 0 Å². The highest BCUT2D eigenvalue weighted by molar-refractivity contribution is 6.05. The summed E-state index contributed by atoms with van der Waals surface area (Å²) in [6.07, 6.45) is 0.865. The molecular formula is C20H23NO4. The molecule has 1 N–H and O–H groups in total. The van der Waals surface area contributed by atoms with E-state index in [2.05, 4.69) is 5.32 Å². The van der Waals surface area contributed by atoms with Crippen molar-refractivity contribution in [3.63, 3.8) is 0 Å². The van der Waals surface area contributed by atoms with Gasteiger partial charge in [0.05, 0.1) is 18.9 Å². The van der Waals surface area contributed by atoms with Gasteiger partial charge in [0.2, 0.25) is 0 Å². The second-order valence-corrected chi connectivity index (χ2v) is 5.58. The predicted molar refractivity (Wildman–Crippen MR) is 96.9 cm³/mol. The summed E-state index contributed by atoms with van der Waals surface area (Å²) < 4.78 is 10.6. The Morgan fingerprint density at radius 2 is 1.84 bits per heavy atom. The summed E-state index contributed by atoms with van der Waals surface area (Å²) in [4.78, 5) is 23.7. The molecule has 0 aromatic heterocycles. The minimum atomic E-state index is -0.229. The monoisotopic (exact) mass is 341 g/mol. The highest BCUT2D eigenvalue weighted by Gasteiger charge is 2.10. The Morgan fingerprint density at radius 3 is 2.56 bits per heavy atom. The Bertz CT molecular complexity index is 713. The Kier molecular flexibility index (Phi) is 7.01. The van der Waals surface area contributed by atoms with Crippen LogP contribution in [0.2, 0.25) is 0 Å². The van der Waals surface area contributed by atoms with Gasteiger partial charge in [-0.1, -0.05) is 24.3 Å². The number of hydrogen-bond acceptors (Lipinski definition) is 4. The van der Waals surface area contributed by atoms with Crippen LogP contribution in [0.25, 0.3) is 0 Å². The van der Waals surface area contributed by atoms with Crippen molar-refractivity contribution >= 4 is 17.6 Å². The smallest absolute Gasteiger partial charge is 0.305 e. The molecule has 0 saturated heterocycles. The molecule has 5 heteroatoms. The van der Waals surface area contributed by atoms with Crippen LogP contribution >= 0.6 is 0 Å². The molecule has 0 fully saturated rings. The third kappa shape index (κ3) is 5.95. The molecule has 2 aromatic rings. The normalized spacial score (nSPS) is 10.2. The molecule has 0 spiro atoms. The molecule has 0 atom stereocenters. The number of hydrogen-bond donors (Lipinski definition) is 1. The maximum Gasteiger partial charge on any atom is 0.305 e. The van der Waals surface area contributed by atoms with Crippen molar-refractivity contribution < 1.29 is 19.1 Å². The molecule has 2 rings (SSSR count). The number of nitrogens with one attached hydrogen (secondary N) is 1. The molecule has 0 bridgehead atoms. The van der Waals surface area contributed by atoms with Gasteiger partial charge in [-0.3, -0.25) is 9.59 Å². The molecule has 0 aliphatic heterocycles. The van der Waals surface area contributed by atoms with Crippen LogP contribution in [0, 0.1) is 6.92 Å². The first-order valence-electron chi connectivity index (χ1n) is 8.35. The van der Waals surface area contributed by atoms with E-state index in [-0.39, 0.29) is 11.9 Å². The van der Waals surface area contributed by atoms with Gasteiger partial charge in [0.15, 0.2) is 0 Å². The minimum Gasteiger partial charge on any atom is -0.491 e. The van der Waals surface area contributed by atoms with Gasteiger partial charge < -0.3 is 14.8 Å². The second-order valence-electron chi connectivity index (χ2n) is 5.58. The summed E-state index contributed by atoms with van der Waals surface area (Å²) in [6.45, 7) is 4.49. The molecular weight excluding hydrogens is 318 g/mol. The van der Waals surface area contributed by atoms with Crippen LogP contribution in [0.15, 0.2) is 48.5 Å². The number of rotatable bonds is 8. The van der Waals surface area contributed by atoms with Gasteiger partial charge in [-0.05, 0) is 50.1 Å². The van der Waals surface area contributed by atoms with Gasteiger partial charge in [0.1, 0.15) is 5.75 Å². The lowest BCUT2D eigenvalue weighted by molar-refractivity contribution is -0.143. The van der Waals surface area contributed by atoms with Crippen molar-refractivity contribution in [2.45, 2.75) is 26.7 Å². The molecule has 25 heavy (non-hydrogen) atoms. The highest BCUT2D eigenvalue weighted by atomic mass is 16.5. The third-order valence-electron chi connectivity index (χ3n) is 3.51. The summed E-state index contributed by atoms with van der Waals surface area (Å²) in [5.41, 5.74) is 2.21. The van der Waals surface area contributed by atoms with Gasteiger partial charge in [0.25, 0.3) is 5.91 Å². The average molecular weight is 341 g/mol. The van der Waals surface area contributed by atoms with E-state index in [9.17, 15) is 9.59 Å². The first kappa shape index (κ1) is 18.5. The summed E-state index contributed by atoms with van der Waals surface area (Å²) in [6, 6.07) is 14.6. The van der Waals surface area contributed by atoms with E-state index >= 15 is 0 Å². The maximum absolute atomic E-state index is 12.3. The zero-order valence-corrected chi connectivity index (χ0v) is 14.6. The van der Waals surface area contributed by atoms with Crippen LogP contribution in [0.5, 0.6) is 5.75 Å². The Balaban J connectivity index is 1.97. The number of anilines is 1. The quantitative estimate of drug-likeness (QED) is 0.583. The largest absolute Gasteiger partial charge is 0.491 e. The number of esters is 1. The van der Waals surface area contributed by atoms with Gasteiger partial charge in [-0.15, -0.1) is 0 Å². The molecule has 132 valence electrons. The Morgan fingerprint density at radius 1 is 1.08 bits per heavy atom. The zero-order chi connectivity index (χ0) is 18.1. The third-order valence-corrected chi connectivity index (χ3v) is 3.51. The molecule has 5 nitrogen and oxygen atoms in total. The fourth-order valence-corrected chi connectivity index (χ4v) is 2.27. The molecule has 0 unspecified atom stereocenters. The highest BCUT2D eigenvalue weighted by Crippen LogP contribution is 2.26. The van der Waals surface area contributed by atoms with Crippen molar-refractivity contribution in [1.29, 1.82) is 0 Å². The summed E-state index contributed by atoms with van der Waals surface area (Å²) in [7, 11) is 0. The number of carbonyl (C=O) groups excluding carboxylic acids is 2. The number of aryl methyl sites for hydroxylation is 1. The molecule has 2 aromatic carbocycles. The van der Waals surface area contributed by atoms with E-state index in [1.807, 2.05) is 43.3 Å². The van der Waals surface area contributed by atoms with E-state index in [1.165, 1.54) is 0 Å². The number of benzene rings is 2. The van der Waals surface area contributed by atoms with E-state index < -0.39 is 0 Å². The van der Waals surface area contributed by atoms with Crippen molar-refractivity contribution in [1.82, 2.24) is 0 Å². The lowest BCUT2D eigenvalue weighted by Crippen LogP contribution is -2.13. The lowest BCUT2D eigenvalue weighted by Gasteiger charge is -2.13. The molecule has 0 saturated carbocycles. The predicted octanol–water partition coefficient (Wildman–Crippen LogP) is 3.97. The molecule has 0 heterocycles. The molecule has 1 amide bonds. The van der Waals surface area contributed by atoms with Gasteiger partial charge >= 0.3 is 5.97 Å². The number of ether oxygens (including phenoxy) is 2. The van der Waals surface area contributed by atoms with E-state index in [4.69, 9.17) is 9.47 Å². The Labute approximate surface area is 148 Å². The maximum atomic E-state index is 12.3. The van der Waals surface area contributed by atoms with Crippen molar-refractivity contribution in [2.24, 2.45) is 0 Å². The first-order valence-corrected chi connectivity index (χ1v) is 8.35. The average Bonchev–Trinajstić information content (AvgIpc) is 2.61. The van der Waals surface area contributed by atoms with Crippen LogP contribution in [-0.4, -0.2) is 25.1 Å². The minimum absolute atomic E-state index is 0.194. The second kappa shape index (κ2) is 9.47. The number of amides is 1. The molecule has 0 aliphatic rings. The zero-order valence-electron chi connectivity index (χ0n) is 14.6. The lowest BCUT2D eigenvalue weighted by atomic mass is 10.2.